The topological polar surface area (TPSA) is 83.0 Å². The third-order valence-electron chi connectivity index (χ3n) is 3.46. The zero-order valence-corrected chi connectivity index (χ0v) is 13.6. The van der Waals surface area contributed by atoms with Gasteiger partial charge in [0.25, 0.3) is 10.1 Å². The van der Waals surface area contributed by atoms with Gasteiger partial charge in [-0.15, -0.1) is 0 Å². The summed E-state index contributed by atoms with van der Waals surface area (Å²) >= 11 is 0. The number of rotatable bonds is 5. The SMILES string of the molecule is CCc1c(C)[nH]c(-c2ccc(COS(C)(=O)=O)cc2)c1C#N. The van der Waals surface area contributed by atoms with Crippen LogP contribution in [0.2, 0.25) is 0 Å². The van der Waals surface area contributed by atoms with Crippen molar-refractivity contribution in [2.45, 2.75) is 26.9 Å². The summed E-state index contributed by atoms with van der Waals surface area (Å²) in [7, 11) is -3.45. The molecule has 0 spiro atoms. The van der Waals surface area contributed by atoms with Crippen LogP contribution in [0, 0.1) is 18.3 Å². The zero-order chi connectivity index (χ0) is 16.3. The van der Waals surface area contributed by atoms with Crippen molar-refractivity contribution >= 4 is 10.1 Å². The number of nitriles is 1. The van der Waals surface area contributed by atoms with Gasteiger partial charge in [-0.3, -0.25) is 4.18 Å². The molecule has 0 bridgehead atoms. The third-order valence-corrected chi connectivity index (χ3v) is 4.01. The molecule has 6 heteroatoms. The molecule has 1 aromatic heterocycles. The summed E-state index contributed by atoms with van der Waals surface area (Å²) in [5.41, 5.74) is 5.14. The molecule has 22 heavy (non-hydrogen) atoms. The van der Waals surface area contributed by atoms with Crippen molar-refractivity contribution in [2.75, 3.05) is 6.26 Å². The van der Waals surface area contributed by atoms with Gasteiger partial charge in [-0.1, -0.05) is 31.2 Å². The van der Waals surface area contributed by atoms with Crippen LogP contribution in [0.15, 0.2) is 24.3 Å². The summed E-state index contributed by atoms with van der Waals surface area (Å²) in [5.74, 6) is 0. The minimum Gasteiger partial charge on any atom is -0.357 e. The van der Waals surface area contributed by atoms with Crippen LogP contribution in [0.1, 0.15) is 29.3 Å². The van der Waals surface area contributed by atoms with E-state index in [1.807, 2.05) is 26.0 Å². The predicted octanol–water partition coefficient (Wildman–Crippen LogP) is 2.90. The molecule has 5 nitrogen and oxygen atoms in total. The molecule has 2 rings (SSSR count). The number of aryl methyl sites for hydroxylation is 1. The first-order valence-electron chi connectivity index (χ1n) is 6.91. The van der Waals surface area contributed by atoms with Gasteiger partial charge < -0.3 is 4.98 Å². The van der Waals surface area contributed by atoms with Gasteiger partial charge in [-0.25, -0.2) is 0 Å². The lowest BCUT2D eigenvalue weighted by atomic mass is 10.0. The Labute approximate surface area is 130 Å². The van der Waals surface area contributed by atoms with Crippen molar-refractivity contribution in [3.05, 3.63) is 46.6 Å². The summed E-state index contributed by atoms with van der Waals surface area (Å²) in [6, 6.07) is 9.56. The summed E-state index contributed by atoms with van der Waals surface area (Å²) in [6.07, 6.45) is 1.82. The summed E-state index contributed by atoms with van der Waals surface area (Å²) in [6.45, 7) is 3.98. The molecular formula is C16H18N2O3S. The first-order chi connectivity index (χ1) is 10.4. The normalized spacial score (nSPS) is 11.4. The molecule has 0 amide bonds. The Balaban J connectivity index is 2.30. The number of nitrogens with one attached hydrogen (secondary N) is 1. The quantitative estimate of drug-likeness (QED) is 0.859. The lowest BCUT2D eigenvalue weighted by Gasteiger charge is -2.04. The van der Waals surface area contributed by atoms with Crippen molar-refractivity contribution in [3.63, 3.8) is 0 Å². The van der Waals surface area contributed by atoms with Crippen molar-refractivity contribution in [1.29, 1.82) is 5.26 Å². The van der Waals surface area contributed by atoms with E-state index in [4.69, 9.17) is 4.18 Å². The average molecular weight is 318 g/mol. The number of H-pyrrole nitrogens is 1. The molecule has 0 unspecified atom stereocenters. The Hall–Kier alpha value is -2.10. The Kier molecular flexibility index (Phi) is 4.69. The van der Waals surface area contributed by atoms with Crippen molar-refractivity contribution < 1.29 is 12.6 Å². The van der Waals surface area contributed by atoms with Crippen LogP contribution in [0.25, 0.3) is 11.3 Å². The second kappa shape index (κ2) is 6.34. The van der Waals surface area contributed by atoms with Crippen LogP contribution in [-0.4, -0.2) is 19.7 Å². The molecule has 0 atom stereocenters. The highest BCUT2D eigenvalue weighted by Gasteiger charge is 2.14. The summed E-state index contributed by atoms with van der Waals surface area (Å²) in [4.78, 5) is 3.26. The number of hydrogen-bond acceptors (Lipinski definition) is 4. The highest BCUT2D eigenvalue weighted by atomic mass is 32.2. The van der Waals surface area contributed by atoms with Crippen LogP contribution in [0.4, 0.5) is 0 Å². The van der Waals surface area contributed by atoms with E-state index in [1.165, 1.54) is 0 Å². The fourth-order valence-corrected chi connectivity index (χ4v) is 2.74. The van der Waals surface area contributed by atoms with Crippen LogP contribution in [0.3, 0.4) is 0 Å². The van der Waals surface area contributed by atoms with E-state index in [0.717, 1.165) is 40.8 Å². The second-order valence-electron chi connectivity index (χ2n) is 5.11. The summed E-state index contributed by atoms with van der Waals surface area (Å²) < 4.78 is 26.7. The maximum Gasteiger partial charge on any atom is 0.264 e. The molecule has 0 saturated carbocycles. The minimum atomic E-state index is -3.45. The molecular weight excluding hydrogens is 300 g/mol. The largest absolute Gasteiger partial charge is 0.357 e. The monoisotopic (exact) mass is 318 g/mol. The van der Waals surface area contributed by atoms with Crippen molar-refractivity contribution in [3.8, 4) is 17.3 Å². The maximum absolute atomic E-state index is 11.0. The summed E-state index contributed by atoms with van der Waals surface area (Å²) in [5, 5.41) is 9.38. The maximum atomic E-state index is 11.0. The number of hydrogen-bond donors (Lipinski definition) is 1. The van der Waals surface area contributed by atoms with E-state index in [9.17, 15) is 13.7 Å². The van der Waals surface area contributed by atoms with Gasteiger partial charge in [-0.2, -0.15) is 13.7 Å². The molecule has 0 radical (unpaired) electrons. The zero-order valence-electron chi connectivity index (χ0n) is 12.8. The van der Waals surface area contributed by atoms with Gasteiger partial charge in [0, 0.05) is 5.69 Å². The smallest absolute Gasteiger partial charge is 0.264 e. The van der Waals surface area contributed by atoms with Crippen LogP contribution in [0.5, 0.6) is 0 Å². The highest BCUT2D eigenvalue weighted by molar-refractivity contribution is 7.85. The van der Waals surface area contributed by atoms with E-state index in [2.05, 4.69) is 11.1 Å². The van der Waals surface area contributed by atoms with Gasteiger partial charge in [0.15, 0.2) is 0 Å². The molecule has 1 heterocycles. The molecule has 1 aromatic carbocycles. The Morgan fingerprint density at radius 1 is 1.27 bits per heavy atom. The van der Waals surface area contributed by atoms with Crippen LogP contribution >= 0.6 is 0 Å². The van der Waals surface area contributed by atoms with Gasteiger partial charge in [0.2, 0.25) is 0 Å². The third kappa shape index (κ3) is 3.56. The van der Waals surface area contributed by atoms with Gasteiger partial charge >= 0.3 is 0 Å². The second-order valence-corrected chi connectivity index (χ2v) is 6.75. The fraction of sp³-hybridized carbons (Fsp3) is 0.312. The highest BCUT2D eigenvalue weighted by Crippen LogP contribution is 2.28. The molecule has 2 aromatic rings. The molecule has 0 aliphatic carbocycles. The van der Waals surface area contributed by atoms with E-state index in [-0.39, 0.29) is 6.61 Å². The average Bonchev–Trinajstić information content (AvgIpc) is 2.80. The van der Waals surface area contributed by atoms with E-state index in [1.54, 1.807) is 12.1 Å². The fourth-order valence-electron chi connectivity index (χ4n) is 2.39. The Morgan fingerprint density at radius 2 is 1.91 bits per heavy atom. The van der Waals surface area contributed by atoms with E-state index in [0.29, 0.717) is 5.56 Å². The van der Waals surface area contributed by atoms with E-state index >= 15 is 0 Å². The Morgan fingerprint density at radius 3 is 2.41 bits per heavy atom. The predicted molar refractivity (Wildman–Crippen MR) is 84.7 cm³/mol. The van der Waals surface area contributed by atoms with Gasteiger partial charge in [-0.05, 0) is 30.0 Å². The number of aromatic nitrogens is 1. The molecule has 1 N–H and O–H groups in total. The molecule has 0 aliphatic heterocycles. The molecule has 0 saturated heterocycles. The van der Waals surface area contributed by atoms with E-state index < -0.39 is 10.1 Å². The Bertz CT molecular complexity index is 812. The first-order valence-corrected chi connectivity index (χ1v) is 8.72. The number of aromatic amines is 1. The molecule has 0 aliphatic rings. The van der Waals surface area contributed by atoms with Gasteiger partial charge in [0.1, 0.15) is 6.07 Å². The minimum absolute atomic E-state index is 0.00812. The van der Waals surface area contributed by atoms with Crippen LogP contribution < -0.4 is 0 Å². The lowest BCUT2D eigenvalue weighted by molar-refractivity contribution is 0.312. The van der Waals surface area contributed by atoms with Crippen molar-refractivity contribution in [2.24, 2.45) is 0 Å². The van der Waals surface area contributed by atoms with Crippen molar-refractivity contribution in [1.82, 2.24) is 4.98 Å². The molecule has 0 fully saturated rings. The van der Waals surface area contributed by atoms with Gasteiger partial charge in [0.05, 0.1) is 24.1 Å². The first kappa shape index (κ1) is 16.3. The molecule has 116 valence electrons. The number of nitrogens with zero attached hydrogens (tertiary/aromatic N) is 1. The lowest BCUT2D eigenvalue weighted by Crippen LogP contribution is -2.02. The van der Waals surface area contributed by atoms with Crippen LogP contribution in [-0.2, 0) is 27.3 Å². The number of benzene rings is 1. The standard InChI is InChI=1S/C16H18N2O3S/c1-4-14-11(2)18-16(15(14)9-17)13-7-5-12(6-8-13)10-21-22(3,19)20/h5-8,18H,4,10H2,1-3H3.